The molecule has 0 saturated carbocycles. The van der Waals surface area contributed by atoms with Crippen LogP contribution in [0.2, 0.25) is 0 Å². The van der Waals surface area contributed by atoms with Crippen LogP contribution < -0.4 is 5.32 Å². The largest absolute Gasteiger partial charge is 0.377 e. The standard InChI is InChI=1S/C16H26N2O/c1-3-17-12-16(15-8-5-4-6-9-15)18-10-7-11-19-14(2)13-18/h4-6,8-9,14,16-17H,3,7,10-13H2,1-2H3. The third-order valence-corrected chi connectivity index (χ3v) is 3.70. The fourth-order valence-electron chi connectivity index (χ4n) is 2.72. The normalized spacial score (nSPS) is 22.9. The monoisotopic (exact) mass is 262 g/mol. The summed E-state index contributed by atoms with van der Waals surface area (Å²) in [7, 11) is 0. The summed E-state index contributed by atoms with van der Waals surface area (Å²) in [5.41, 5.74) is 1.40. The van der Waals surface area contributed by atoms with E-state index in [4.69, 9.17) is 4.74 Å². The number of benzene rings is 1. The molecule has 0 aliphatic carbocycles. The van der Waals surface area contributed by atoms with Gasteiger partial charge in [-0.1, -0.05) is 37.3 Å². The van der Waals surface area contributed by atoms with Crippen molar-refractivity contribution >= 4 is 0 Å². The zero-order chi connectivity index (χ0) is 13.5. The highest BCUT2D eigenvalue weighted by molar-refractivity contribution is 5.19. The van der Waals surface area contributed by atoms with Gasteiger partial charge in [0.15, 0.2) is 0 Å². The minimum Gasteiger partial charge on any atom is -0.377 e. The van der Waals surface area contributed by atoms with Crippen molar-refractivity contribution in [2.24, 2.45) is 0 Å². The summed E-state index contributed by atoms with van der Waals surface area (Å²) in [5, 5.41) is 3.50. The molecule has 2 rings (SSSR count). The fraction of sp³-hybridized carbons (Fsp3) is 0.625. The van der Waals surface area contributed by atoms with Crippen LogP contribution in [0.15, 0.2) is 30.3 Å². The zero-order valence-electron chi connectivity index (χ0n) is 12.1. The minimum atomic E-state index is 0.329. The van der Waals surface area contributed by atoms with Crippen LogP contribution in [-0.2, 0) is 4.74 Å². The molecule has 0 spiro atoms. The van der Waals surface area contributed by atoms with Gasteiger partial charge in [0.2, 0.25) is 0 Å². The van der Waals surface area contributed by atoms with Crippen molar-refractivity contribution in [2.75, 3.05) is 32.8 Å². The molecule has 0 aromatic heterocycles. The van der Waals surface area contributed by atoms with Gasteiger partial charge in [-0.15, -0.1) is 0 Å². The number of ether oxygens (including phenoxy) is 1. The quantitative estimate of drug-likeness (QED) is 0.882. The SMILES string of the molecule is CCNCC(c1ccccc1)N1CCCOC(C)C1. The average Bonchev–Trinajstić information content (AvgIpc) is 2.65. The van der Waals surface area contributed by atoms with Gasteiger partial charge in [-0.25, -0.2) is 0 Å². The van der Waals surface area contributed by atoms with E-state index in [1.807, 2.05) is 0 Å². The van der Waals surface area contributed by atoms with Gasteiger partial charge in [-0.3, -0.25) is 4.90 Å². The summed E-state index contributed by atoms with van der Waals surface area (Å²) in [5.74, 6) is 0. The summed E-state index contributed by atoms with van der Waals surface area (Å²) in [6.07, 6.45) is 1.45. The van der Waals surface area contributed by atoms with Crippen molar-refractivity contribution < 1.29 is 4.74 Å². The molecule has 1 aromatic carbocycles. The molecule has 1 heterocycles. The van der Waals surface area contributed by atoms with Gasteiger partial charge >= 0.3 is 0 Å². The van der Waals surface area contributed by atoms with E-state index in [1.54, 1.807) is 0 Å². The van der Waals surface area contributed by atoms with Crippen molar-refractivity contribution in [1.82, 2.24) is 10.2 Å². The van der Waals surface area contributed by atoms with E-state index >= 15 is 0 Å². The molecule has 2 atom stereocenters. The molecule has 19 heavy (non-hydrogen) atoms. The van der Waals surface area contributed by atoms with Crippen molar-refractivity contribution in [2.45, 2.75) is 32.4 Å². The molecule has 3 heteroatoms. The predicted molar refractivity (Wildman–Crippen MR) is 79.3 cm³/mol. The number of hydrogen-bond donors (Lipinski definition) is 1. The van der Waals surface area contributed by atoms with Crippen LogP contribution in [0.25, 0.3) is 0 Å². The van der Waals surface area contributed by atoms with E-state index in [9.17, 15) is 0 Å². The second-order valence-corrected chi connectivity index (χ2v) is 5.26. The molecule has 1 aliphatic heterocycles. The summed E-state index contributed by atoms with van der Waals surface area (Å²) in [4.78, 5) is 2.57. The Hall–Kier alpha value is -0.900. The van der Waals surface area contributed by atoms with Gasteiger partial charge in [0.05, 0.1) is 6.10 Å². The molecule has 0 radical (unpaired) electrons. The maximum atomic E-state index is 5.76. The molecule has 1 N–H and O–H groups in total. The second-order valence-electron chi connectivity index (χ2n) is 5.26. The minimum absolute atomic E-state index is 0.329. The maximum absolute atomic E-state index is 5.76. The number of likely N-dealkylation sites (N-methyl/N-ethyl adjacent to an activating group) is 1. The van der Waals surface area contributed by atoms with E-state index in [0.29, 0.717) is 12.1 Å². The summed E-state index contributed by atoms with van der Waals surface area (Å²) in [6.45, 7) is 9.39. The van der Waals surface area contributed by atoms with Gasteiger partial charge in [-0.2, -0.15) is 0 Å². The Kier molecular flexibility index (Phi) is 5.83. The lowest BCUT2D eigenvalue weighted by Crippen LogP contribution is -2.39. The first-order chi connectivity index (χ1) is 9.31. The number of nitrogens with zero attached hydrogens (tertiary/aromatic N) is 1. The lowest BCUT2D eigenvalue weighted by Gasteiger charge is -2.32. The Morgan fingerprint density at radius 2 is 2.16 bits per heavy atom. The van der Waals surface area contributed by atoms with Crippen molar-refractivity contribution in [3.8, 4) is 0 Å². The van der Waals surface area contributed by atoms with Crippen LogP contribution in [0.1, 0.15) is 31.9 Å². The highest BCUT2D eigenvalue weighted by atomic mass is 16.5. The van der Waals surface area contributed by atoms with Gasteiger partial charge in [-0.05, 0) is 25.5 Å². The number of nitrogens with one attached hydrogen (secondary N) is 1. The number of rotatable bonds is 5. The molecule has 0 bridgehead atoms. The first-order valence-electron chi connectivity index (χ1n) is 7.42. The Labute approximate surface area is 116 Å². The summed E-state index contributed by atoms with van der Waals surface area (Å²) >= 11 is 0. The van der Waals surface area contributed by atoms with Gasteiger partial charge in [0.25, 0.3) is 0 Å². The molecular formula is C16H26N2O. The molecule has 1 aliphatic rings. The van der Waals surface area contributed by atoms with Gasteiger partial charge in [0.1, 0.15) is 0 Å². The third kappa shape index (κ3) is 4.30. The van der Waals surface area contributed by atoms with Gasteiger partial charge in [0, 0.05) is 32.3 Å². The van der Waals surface area contributed by atoms with Crippen molar-refractivity contribution in [3.63, 3.8) is 0 Å². The Morgan fingerprint density at radius 3 is 2.89 bits per heavy atom. The molecule has 1 saturated heterocycles. The highest BCUT2D eigenvalue weighted by Gasteiger charge is 2.23. The molecule has 0 amide bonds. The number of hydrogen-bond acceptors (Lipinski definition) is 3. The molecule has 2 unspecified atom stereocenters. The fourth-order valence-corrected chi connectivity index (χ4v) is 2.72. The van der Waals surface area contributed by atoms with Crippen LogP contribution in [-0.4, -0.2) is 43.8 Å². The van der Waals surface area contributed by atoms with Crippen LogP contribution in [0, 0.1) is 0 Å². The van der Waals surface area contributed by atoms with E-state index in [0.717, 1.165) is 39.2 Å². The topological polar surface area (TPSA) is 24.5 Å². The van der Waals surface area contributed by atoms with Crippen LogP contribution in [0.3, 0.4) is 0 Å². The van der Waals surface area contributed by atoms with E-state index < -0.39 is 0 Å². The lowest BCUT2D eigenvalue weighted by molar-refractivity contribution is 0.0604. The van der Waals surface area contributed by atoms with Crippen molar-refractivity contribution in [3.05, 3.63) is 35.9 Å². The average molecular weight is 262 g/mol. The van der Waals surface area contributed by atoms with Gasteiger partial charge < -0.3 is 10.1 Å². The Balaban J connectivity index is 2.11. The zero-order valence-corrected chi connectivity index (χ0v) is 12.1. The molecule has 1 aromatic rings. The molecule has 106 valence electrons. The smallest absolute Gasteiger partial charge is 0.0674 e. The van der Waals surface area contributed by atoms with Crippen molar-refractivity contribution in [1.29, 1.82) is 0 Å². The first kappa shape index (κ1) is 14.5. The highest BCUT2D eigenvalue weighted by Crippen LogP contribution is 2.22. The lowest BCUT2D eigenvalue weighted by atomic mass is 10.0. The Morgan fingerprint density at radius 1 is 1.37 bits per heavy atom. The second kappa shape index (κ2) is 7.63. The predicted octanol–water partition coefficient (Wildman–Crippen LogP) is 2.45. The summed E-state index contributed by atoms with van der Waals surface area (Å²) in [6, 6.07) is 11.3. The van der Waals surface area contributed by atoms with Crippen LogP contribution in [0.4, 0.5) is 0 Å². The Bertz CT molecular complexity index is 355. The molecule has 1 fully saturated rings. The van der Waals surface area contributed by atoms with E-state index in [2.05, 4.69) is 54.4 Å². The van der Waals surface area contributed by atoms with E-state index in [1.165, 1.54) is 5.56 Å². The third-order valence-electron chi connectivity index (χ3n) is 3.70. The summed E-state index contributed by atoms with van der Waals surface area (Å²) < 4.78 is 5.76. The maximum Gasteiger partial charge on any atom is 0.0674 e. The molecule has 3 nitrogen and oxygen atoms in total. The molecular weight excluding hydrogens is 236 g/mol. The van der Waals surface area contributed by atoms with Crippen LogP contribution in [0.5, 0.6) is 0 Å². The van der Waals surface area contributed by atoms with Crippen LogP contribution >= 0.6 is 0 Å². The van der Waals surface area contributed by atoms with E-state index in [-0.39, 0.29) is 0 Å². The first-order valence-corrected chi connectivity index (χ1v) is 7.42.